The van der Waals surface area contributed by atoms with Gasteiger partial charge in [-0.3, -0.25) is 15.2 Å². The Morgan fingerprint density at radius 3 is 3.13 bits per heavy atom. The summed E-state index contributed by atoms with van der Waals surface area (Å²) in [6, 6.07) is 9.79. The first-order valence-corrected chi connectivity index (χ1v) is 10.8. The molecule has 154 valence electrons. The summed E-state index contributed by atoms with van der Waals surface area (Å²) in [7, 11) is 0. The highest BCUT2D eigenvalue weighted by molar-refractivity contribution is 8.16. The predicted octanol–water partition coefficient (Wildman–Crippen LogP) is 2.91. The molecule has 9 heteroatoms. The number of aromatic nitrogens is 1. The van der Waals surface area contributed by atoms with Gasteiger partial charge in [0, 0.05) is 36.8 Å². The molecule has 8 nitrogen and oxygen atoms in total. The zero-order valence-corrected chi connectivity index (χ0v) is 17.1. The minimum atomic E-state index is -0.245. The number of benzene rings is 1. The Morgan fingerprint density at radius 1 is 1.23 bits per heavy atom. The average molecular weight is 423 g/mol. The summed E-state index contributed by atoms with van der Waals surface area (Å²) in [6.45, 7) is 3.75. The third-order valence-corrected chi connectivity index (χ3v) is 6.32. The van der Waals surface area contributed by atoms with Gasteiger partial charge in [0.2, 0.25) is 0 Å². The van der Waals surface area contributed by atoms with Gasteiger partial charge in [0.05, 0.1) is 23.8 Å². The van der Waals surface area contributed by atoms with Gasteiger partial charge in [-0.15, -0.1) is 0 Å². The van der Waals surface area contributed by atoms with Crippen LogP contribution in [0.25, 0.3) is 11.0 Å². The number of fused-ring (bicyclic) bond motifs is 1. The molecule has 1 atom stereocenters. The summed E-state index contributed by atoms with van der Waals surface area (Å²) < 4.78 is 5.62. The van der Waals surface area contributed by atoms with Crippen LogP contribution in [0.5, 0.6) is 0 Å². The summed E-state index contributed by atoms with van der Waals surface area (Å²) in [5, 5.41) is 11.9. The first kappa shape index (κ1) is 19.0. The summed E-state index contributed by atoms with van der Waals surface area (Å²) >= 11 is 1.38. The number of rotatable bonds is 4. The second kappa shape index (κ2) is 8.37. The fourth-order valence-electron chi connectivity index (χ4n) is 3.74. The molecule has 0 aliphatic carbocycles. The highest BCUT2D eigenvalue weighted by atomic mass is 32.2. The number of para-hydroxylation sites is 1. The van der Waals surface area contributed by atoms with Crippen LogP contribution in [0.1, 0.15) is 17.4 Å². The summed E-state index contributed by atoms with van der Waals surface area (Å²) in [4.78, 5) is 19.4. The predicted molar refractivity (Wildman–Crippen MR) is 120 cm³/mol. The molecule has 0 radical (unpaired) electrons. The molecule has 4 heterocycles. The lowest BCUT2D eigenvalue weighted by Crippen LogP contribution is -2.29. The number of thioether (sulfide) groups is 1. The van der Waals surface area contributed by atoms with Crippen LogP contribution < -0.4 is 21.0 Å². The molecule has 3 aromatic rings. The van der Waals surface area contributed by atoms with Crippen molar-refractivity contribution in [2.24, 2.45) is 5.10 Å². The van der Waals surface area contributed by atoms with E-state index in [1.807, 2.05) is 30.3 Å². The highest BCUT2D eigenvalue weighted by Gasteiger charge is 2.29. The van der Waals surface area contributed by atoms with E-state index in [1.165, 1.54) is 11.8 Å². The zero-order valence-electron chi connectivity index (χ0n) is 16.3. The molecule has 3 N–H and O–H groups in total. The number of carbonyl (C=O) groups is 1. The lowest BCUT2D eigenvalue weighted by molar-refractivity contribution is -0.110. The van der Waals surface area contributed by atoms with Crippen molar-refractivity contribution in [3.05, 3.63) is 54.6 Å². The van der Waals surface area contributed by atoms with Crippen LogP contribution >= 0.6 is 11.8 Å². The Kier molecular flexibility index (Phi) is 5.29. The van der Waals surface area contributed by atoms with Crippen molar-refractivity contribution in [3.63, 3.8) is 0 Å². The number of hydrogen-bond donors (Lipinski definition) is 3. The molecule has 0 spiro atoms. The maximum absolute atomic E-state index is 12.9. The van der Waals surface area contributed by atoms with E-state index >= 15 is 0 Å². The van der Waals surface area contributed by atoms with Gasteiger partial charge >= 0.3 is 0 Å². The lowest BCUT2D eigenvalue weighted by atomic mass is 10.2. The SMILES string of the molecule is O=C(Nc1cnccc1N1CCCNCC1)C1=NNC(c2coc3ccccc23)S1. The van der Waals surface area contributed by atoms with Crippen molar-refractivity contribution >= 4 is 45.1 Å². The van der Waals surface area contributed by atoms with E-state index in [0.29, 0.717) is 10.7 Å². The molecule has 1 fully saturated rings. The lowest BCUT2D eigenvalue weighted by Gasteiger charge is -2.24. The van der Waals surface area contributed by atoms with Gasteiger partial charge in [0.25, 0.3) is 5.91 Å². The number of anilines is 2. The highest BCUT2D eigenvalue weighted by Crippen LogP contribution is 2.37. The Hall–Kier alpha value is -3.04. The van der Waals surface area contributed by atoms with Gasteiger partial charge in [-0.25, -0.2) is 0 Å². The van der Waals surface area contributed by atoms with Crippen LogP contribution in [-0.4, -0.2) is 42.1 Å². The fraction of sp³-hybridized carbons (Fsp3) is 0.286. The molecular weight excluding hydrogens is 400 g/mol. The Labute approximate surface area is 178 Å². The largest absolute Gasteiger partial charge is 0.464 e. The van der Waals surface area contributed by atoms with Gasteiger partial charge in [0.1, 0.15) is 11.0 Å². The van der Waals surface area contributed by atoms with Gasteiger partial charge in [-0.1, -0.05) is 30.0 Å². The molecule has 0 bridgehead atoms. The Bertz CT molecular complexity index is 1090. The molecule has 1 aromatic carbocycles. The molecule has 30 heavy (non-hydrogen) atoms. The van der Waals surface area contributed by atoms with Gasteiger partial charge in [-0.2, -0.15) is 5.10 Å². The number of nitrogens with zero attached hydrogens (tertiary/aromatic N) is 3. The maximum Gasteiger partial charge on any atom is 0.282 e. The van der Waals surface area contributed by atoms with E-state index in [0.717, 1.165) is 54.8 Å². The first-order chi connectivity index (χ1) is 14.8. The van der Waals surface area contributed by atoms with Crippen LogP contribution in [0.3, 0.4) is 0 Å². The normalized spacial score (nSPS) is 19.3. The van der Waals surface area contributed by atoms with E-state index in [9.17, 15) is 4.79 Å². The van der Waals surface area contributed by atoms with Crippen LogP contribution in [0.15, 0.2) is 58.5 Å². The number of nitrogens with one attached hydrogen (secondary N) is 3. The second-order valence-corrected chi connectivity index (χ2v) is 8.26. The molecular formula is C21H22N6O2S. The number of furan rings is 1. The number of amides is 1. The van der Waals surface area contributed by atoms with E-state index in [2.05, 4.69) is 31.0 Å². The molecule has 5 rings (SSSR count). The van der Waals surface area contributed by atoms with Crippen LogP contribution in [0.2, 0.25) is 0 Å². The molecule has 2 aromatic heterocycles. The third-order valence-electron chi connectivity index (χ3n) is 5.23. The van der Waals surface area contributed by atoms with Crippen molar-refractivity contribution in [1.82, 2.24) is 15.7 Å². The van der Waals surface area contributed by atoms with Crippen LogP contribution in [-0.2, 0) is 4.79 Å². The second-order valence-electron chi connectivity index (χ2n) is 7.17. The molecule has 1 saturated heterocycles. The summed E-state index contributed by atoms with van der Waals surface area (Å²) in [5.41, 5.74) is 6.52. The Balaban J connectivity index is 1.30. The van der Waals surface area contributed by atoms with Crippen molar-refractivity contribution in [3.8, 4) is 0 Å². The Morgan fingerprint density at radius 2 is 2.17 bits per heavy atom. The maximum atomic E-state index is 12.9. The minimum absolute atomic E-state index is 0.167. The van der Waals surface area contributed by atoms with Crippen molar-refractivity contribution in [2.45, 2.75) is 11.8 Å². The van der Waals surface area contributed by atoms with Crippen molar-refractivity contribution in [2.75, 3.05) is 36.4 Å². The number of hydrogen-bond acceptors (Lipinski definition) is 8. The summed E-state index contributed by atoms with van der Waals surface area (Å²) in [5.74, 6) is -0.245. The first-order valence-electron chi connectivity index (χ1n) is 9.96. The molecule has 2 aliphatic heterocycles. The van der Waals surface area contributed by atoms with Gasteiger partial charge in [-0.05, 0) is 25.1 Å². The van der Waals surface area contributed by atoms with Gasteiger partial charge in [0.15, 0.2) is 5.04 Å². The van der Waals surface area contributed by atoms with Gasteiger partial charge < -0.3 is 20.0 Å². The molecule has 1 unspecified atom stereocenters. The molecule has 2 aliphatic rings. The van der Waals surface area contributed by atoms with E-state index in [4.69, 9.17) is 4.42 Å². The zero-order chi connectivity index (χ0) is 20.3. The average Bonchev–Trinajstić information content (AvgIpc) is 3.34. The van der Waals surface area contributed by atoms with Crippen LogP contribution in [0.4, 0.5) is 11.4 Å². The fourth-order valence-corrected chi connectivity index (χ4v) is 4.64. The number of pyridine rings is 1. The van der Waals surface area contributed by atoms with Crippen molar-refractivity contribution < 1.29 is 9.21 Å². The quantitative estimate of drug-likeness (QED) is 0.595. The number of hydrazone groups is 1. The van der Waals surface area contributed by atoms with E-state index in [-0.39, 0.29) is 11.3 Å². The smallest absolute Gasteiger partial charge is 0.282 e. The van der Waals surface area contributed by atoms with E-state index < -0.39 is 0 Å². The topological polar surface area (TPSA) is 94.8 Å². The van der Waals surface area contributed by atoms with E-state index in [1.54, 1.807) is 18.7 Å². The van der Waals surface area contributed by atoms with Crippen LogP contribution in [0, 0.1) is 0 Å². The monoisotopic (exact) mass is 422 g/mol. The minimum Gasteiger partial charge on any atom is -0.464 e. The molecule has 0 saturated carbocycles. The summed E-state index contributed by atoms with van der Waals surface area (Å²) in [6.07, 6.45) is 6.23. The molecule has 1 amide bonds. The standard InChI is InChI=1S/C21H22N6O2S/c28-19(24-16-12-23-8-6-17(16)27-10-3-7-22-9-11-27)21-26-25-20(30-21)15-13-29-18-5-2-1-4-14(15)18/h1-2,4-6,8,12-13,20,22,25H,3,7,9-11H2,(H,24,28). The third kappa shape index (κ3) is 3.73. The van der Waals surface area contributed by atoms with Crippen molar-refractivity contribution in [1.29, 1.82) is 0 Å². The number of carbonyl (C=O) groups excluding carboxylic acids is 1.